The van der Waals surface area contributed by atoms with E-state index in [9.17, 15) is 0 Å². The first-order valence-corrected chi connectivity index (χ1v) is 2.93. The van der Waals surface area contributed by atoms with E-state index >= 15 is 0 Å². The largest absolute Gasteiger partial charge is 0.138 e. The maximum atomic E-state index is 2.70. The topological polar surface area (TPSA) is 0 Å². The van der Waals surface area contributed by atoms with Crippen LogP contribution in [-0.2, 0) is 0 Å². The first-order valence-electron chi connectivity index (χ1n) is 2.12. The molecule has 0 aromatic rings. The van der Waals surface area contributed by atoms with Crippen molar-refractivity contribution in [2.75, 3.05) is 6.16 Å². The molecule has 0 rings (SSSR count). The molecule has 0 spiro atoms. The molecule has 0 aliphatic rings. The third kappa shape index (κ3) is 8.82. The molecule has 6 heavy (non-hydrogen) atoms. The van der Waals surface area contributed by atoms with Crippen LogP contribution in [0.4, 0.5) is 0 Å². The molecule has 0 aromatic heterocycles. The van der Waals surface area contributed by atoms with Crippen LogP contribution in [0.25, 0.3) is 0 Å². The van der Waals surface area contributed by atoms with Crippen molar-refractivity contribution in [3.63, 3.8) is 0 Å². The average Bonchev–Trinajstić information content (AvgIpc) is 1.41. The fourth-order valence-electron chi connectivity index (χ4n) is 0.204. The molecule has 0 aromatic carbocycles. The predicted molar refractivity (Wildman–Crippen MR) is 35.2 cm³/mol. The minimum Gasteiger partial charge on any atom is -0.138 e. The van der Waals surface area contributed by atoms with Crippen molar-refractivity contribution >= 4 is 17.7 Å². The normalized spacial score (nSPS) is 7.00. The summed E-state index contributed by atoms with van der Waals surface area (Å²) in [5, 5.41) is 0. The maximum absolute atomic E-state index is 2.70. The van der Waals surface area contributed by atoms with Crippen molar-refractivity contribution in [1.29, 1.82) is 0 Å². The Hall–Kier alpha value is 0.495. The highest BCUT2D eigenvalue weighted by molar-refractivity contribution is 7.16. The second-order valence-electron chi connectivity index (χ2n) is 1.14. The van der Waals surface area contributed by atoms with Crippen LogP contribution in [-0.4, -0.2) is 14.6 Å². The molecule has 3 radical (unpaired) electrons. The molecule has 0 fully saturated rings. The van der Waals surface area contributed by atoms with Crippen LogP contribution in [0, 0.1) is 0 Å². The van der Waals surface area contributed by atoms with Gasteiger partial charge in [0.15, 0.2) is 0 Å². The Kier molecular flexibility index (Phi) is 14.7. The van der Waals surface area contributed by atoms with Gasteiger partial charge in [0.1, 0.15) is 0 Å². The summed E-state index contributed by atoms with van der Waals surface area (Å²) in [6.45, 7) is 2.20. The van der Waals surface area contributed by atoms with E-state index in [0.717, 1.165) is 0 Å². The summed E-state index contributed by atoms with van der Waals surface area (Å²) >= 11 is 0. The van der Waals surface area contributed by atoms with Crippen molar-refractivity contribution in [3.8, 4) is 0 Å². The molecule has 0 bridgehead atoms. The van der Waals surface area contributed by atoms with Crippen molar-refractivity contribution in [2.45, 2.75) is 19.8 Å². The molecule has 0 aliphatic carbocycles. The molecule has 0 N–H and O–H groups in total. The van der Waals surface area contributed by atoms with E-state index in [4.69, 9.17) is 0 Å². The van der Waals surface area contributed by atoms with Gasteiger partial charge in [-0.2, -0.15) is 0 Å². The summed E-state index contributed by atoms with van der Waals surface area (Å²) < 4.78 is 0. The van der Waals surface area contributed by atoms with Gasteiger partial charge in [-0.05, 0) is 6.16 Å². The molecular weight excluding hydrogens is 89.8 g/mol. The number of rotatable bonds is 2. The SMILES string of the molecule is CCCCP.[B]. The highest BCUT2D eigenvalue weighted by Crippen LogP contribution is 1.89. The summed E-state index contributed by atoms with van der Waals surface area (Å²) in [6, 6.07) is 0. The van der Waals surface area contributed by atoms with E-state index in [1.165, 1.54) is 19.0 Å². The van der Waals surface area contributed by atoms with E-state index < -0.39 is 0 Å². The van der Waals surface area contributed by atoms with Crippen LogP contribution in [0.15, 0.2) is 0 Å². The fourth-order valence-corrected chi connectivity index (χ4v) is 0.612. The second-order valence-corrected chi connectivity index (χ2v) is 1.72. The molecule has 0 amide bonds. The standard InChI is InChI=1S/C4H11P.B/c1-2-3-4-5;/h2-5H2,1H3;. The van der Waals surface area contributed by atoms with E-state index in [1.54, 1.807) is 0 Å². The van der Waals surface area contributed by atoms with Crippen LogP contribution >= 0.6 is 9.24 Å². The zero-order valence-electron chi connectivity index (χ0n) is 4.28. The zero-order chi connectivity index (χ0) is 4.12. The molecule has 0 saturated carbocycles. The number of unbranched alkanes of at least 4 members (excludes halogenated alkanes) is 1. The predicted octanol–water partition coefficient (Wildman–Crippen LogP) is 1.28. The lowest BCUT2D eigenvalue weighted by Gasteiger charge is -1.79. The zero-order valence-corrected chi connectivity index (χ0v) is 5.43. The minimum absolute atomic E-state index is 0. The van der Waals surface area contributed by atoms with Crippen LogP contribution < -0.4 is 0 Å². The van der Waals surface area contributed by atoms with Gasteiger partial charge < -0.3 is 0 Å². The average molecular weight is 101 g/mol. The Bertz CT molecular complexity index is 15.0. The molecule has 0 aliphatic heterocycles. The Morgan fingerprint density at radius 2 is 2.00 bits per heavy atom. The minimum atomic E-state index is 0. The van der Waals surface area contributed by atoms with Crippen molar-refractivity contribution in [3.05, 3.63) is 0 Å². The molecule has 0 nitrogen and oxygen atoms in total. The summed E-state index contributed by atoms with van der Waals surface area (Å²) in [5.41, 5.74) is 0. The lowest BCUT2D eigenvalue weighted by molar-refractivity contribution is 0.897. The second kappa shape index (κ2) is 9.09. The maximum Gasteiger partial charge on any atom is 0 e. The van der Waals surface area contributed by atoms with Crippen LogP contribution in [0.1, 0.15) is 19.8 Å². The number of hydrogen-bond acceptors (Lipinski definition) is 0. The van der Waals surface area contributed by atoms with Crippen LogP contribution in [0.2, 0.25) is 0 Å². The van der Waals surface area contributed by atoms with Gasteiger partial charge in [0, 0.05) is 8.41 Å². The Morgan fingerprint density at radius 1 is 1.50 bits per heavy atom. The summed E-state index contributed by atoms with van der Waals surface area (Å²) in [6.07, 6.45) is 3.94. The van der Waals surface area contributed by atoms with Gasteiger partial charge in [0.2, 0.25) is 0 Å². The van der Waals surface area contributed by atoms with Gasteiger partial charge in [-0.1, -0.05) is 19.8 Å². The first-order chi connectivity index (χ1) is 2.41. The third-order valence-corrected chi connectivity index (χ3v) is 0.966. The van der Waals surface area contributed by atoms with E-state index in [1.807, 2.05) is 0 Å². The summed E-state index contributed by atoms with van der Waals surface area (Å²) in [5.74, 6) is 0. The lowest BCUT2D eigenvalue weighted by atomic mass is 10.4. The molecule has 35 valence electrons. The Morgan fingerprint density at radius 3 is 2.00 bits per heavy atom. The molecule has 0 saturated heterocycles. The van der Waals surface area contributed by atoms with Gasteiger partial charge in [-0.3, -0.25) is 0 Å². The van der Waals surface area contributed by atoms with Gasteiger partial charge in [-0.25, -0.2) is 0 Å². The van der Waals surface area contributed by atoms with Crippen molar-refractivity contribution in [1.82, 2.24) is 0 Å². The van der Waals surface area contributed by atoms with Crippen LogP contribution in [0.5, 0.6) is 0 Å². The smallest absolute Gasteiger partial charge is 0 e. The number of hydrogen-bond donors (Lipinski definition) is 0. The summed E-state index contributed by atoms with van der Waals surface area (Å²) in [4.78, 5) is 0. The van der Waals surface area contributed by atoms with Gasteiger partial charge in [0.05, 0.1) is 0 Å². The highest BCUT2D eigenvalue weighted by Gasteiger charge is 1.68. The molecule has 0 heterocycles. The lowest BCUT2D eigenvalue weighted by Crippen LogP contribution is -1.64. The Balaban J connectivity index is 0. The highest BCUT2D eigenvalue weighted by atomic mass is 31.0. The summed E-state index contributed by atoms with van der Waals surface area (Å²) in [7, 11) is 2.70. The van der Waals surface area contributed by atoms with Crippen molar-refractivity contribution < 1.29 is 0 Å². The Labute approximate surface area is 44.5 Å². The van der Waals surface area contributed by atoms with E-state index in [0.29, 0.717) is 0 Å². The molecule has 1 unspecified atom stereocenters. The quantitative estimate of drug-likeness (QED) is 0.363. The van der Waals surface area contributed by atoms with E-state index in [2.05, 4.69) is 16.2 Å². The monoisotopic (exact) mass is 101 g/mol. The van der Waals surface area contributed by atoms with E-state index in [-0.39, 0.29) is 8.41 Å². The first kappa shape index (κ1) is 9.71. The van der Waals surface area contributed by atoms with Gasteiger partial charge >= 0.3 is 0 Å². The molecule has 1 atom stereocenters. The van der Waals surface area contributed by atoms with Gasteiger partial charge in [0.25, 0.3) is 0 Å². The van der Waals surface area contributed by atoms with Crippen LogP contribution in [0.3, 0.4) is 0 Å². The van der Waals surface area contributed by atoms with Crippen molar-refractivity contribution in [2.24, 2.45) is 0 Å². The molecular formula is C4H11BP. The molecule has 2 heteroatoms. The fraction of sp³-hybridized carbons (Fsp3) is 1.00. The van der Waals surface area contributed by atoms with Gasteiger partial charge in [-0.15, -0.1) is 9.24 Å². The third-order valence-electron chi connectivity index (χ3n) is 0.558.